The summed E-state index contributed by atoms with van der Waals surface area (Å²) in [6.45, 7) is 1.93. The highest BCUT2D eigenvalue weighted by Gasteiger charge is 2.38. The van der Waals surface area contributed by atoms with Crippen LogP contribution >= 0.6 is 15.9 Å². The quantitative estimate of drug-likeness (QED) is 0.308. The average Bonchev–Trinajstić information content (AvgIpc) is 3.32. The number of pyridine rings is 1. The summed E-state index contributed by atoms with van der Waals surface area (Å²) in [6, 6.07) is 6.15. The van der Waals surface area contributed by atoms with E-state index in [0.29, 0.717) is 44.2 Å². The smallest absolute Gasteiger partial charge is 0.146 e. The zero-order chi connectivity index (χ0) is 23.4. The molecule has 0 saturated carbocycles. The molecule has 0 fully saturated rings. The van der Waals surface area contributed by atoms with Crippen LogP contribution in [0.15, 0.2) is 52.9 Å². The Morgan fingerprint density at radius 1 is 1.15 bits per heavy atom. The summed E-state index contributed by atoms with van der Waals surface area (Å²) in [5, 5.41) is 22.7. The maximum atomic E-state index is 14.7. The molecule has 4 atom stereocenters. The van der Waals surface area contributed by atoms with E-state index in [4.69, 9.17) is 11.5 Å². The van der Waals surface area contributed by atoms with E-state index in [-0.39, 0.29) is 11.7 Å². The van der Waals surface area contributed by atoms with Crippen LogP contribution in [0.1, 0.15) is 18.5 Å². The fourth-order valence-electron chi connectivity index (χ4n) is 4.58. The molecule has 1 aliphatic carbocycles. The van der Waals surface area contributed by atoms with Gasteiger partial charge in [-0.2, -0.15) is 0 Å². The second kappa shape index (κ2) is 8.05. The van der Waals surface area contributed by atoms with E-state index < -0.39 is 24.1 Å². The van der Waals surface area contributed by atoms with E-state index in [0.717, 1.165) is 5.56 Å². The zero-order valence-corrected chi connectivity index (χ0v) is 19.2. The van der Waals surface area contributed by atoms with Gasteiger partial charge in [-0.05, 0) is 63.7 Å². The molecule has 5 rings (SSSR count). The SMILES string of the molecule is CC(Cc1cc(F)c2cc(Br)c(N)nc2c1)C1=C[C@@H](n2ccc3c(N)ncnc32)C(O)[C@@H]1O. The Kier molecular flexibility index (Phi) is 5.31. The molecule has 33 heavy (non-hydrogen) atoms. The van der Waals surface area contributed by atoms with Gasteiger partial charge in [0.15, 0.2) is 0 Å². The number of anilines is 2. The topological polar surface area (TPSA) is 136 Å². The minimum Gasteiger partial charge on any atom is -0.388 e. The first-order valence-corrected chi connectivity index (χ1v) is 11.2. The van der Waals surface area contributed by atoms with Crippen molar-refractivity contribution in [3.05, 3.63) is 64.3 Å². The van der Waals surface area contributed by atoms with Gasteiger partial charge >= 0.3 is 0 Å². The third kappa shape index (κ3) is 3.64. The lowest BCUT2D eigenvalue weighted by atomic mass is 9.91. The number of benzene rings is 1. The van der Waals surface area contributed by atoms with Crippen molar-refractivity contribution in [2.75, 3.05) is 11.5 Å². The lowest BCUT2D eigenvalue weighted by Crippen LogP contribution is -2.30. The number of halogens is 2. The highest BCUT2D eigenvalue weighted by molar-refractivity contribution is 9.10. The van der Waals surface area contributed by atoms with Gasteiger partial charge in [0.2, 0.25) is 0 Å². The maximum Gasteiger partial charge on any atom is 0.146 e. The number of nitrogens with zero attached hydrogens (tertiary/aromatic N) is 4. The molecule has 0 spiro atoms. The van der Waals surface area contributed by atoms with Gasteiger partial charge in [0, 0.05) is 11.6 Å². The molecule has 10 heteroatoms. The van der Waals surface area contributed by atoms with Gasteiger partial charge in [-0.3, -0.25) is 0 Å². The van der Waals surface area contributed by atoms with Crippen molar-refractivity contribution in [1.82, 2.24) is 19.5 Å². The molecule has 0 amide bonds. The summed E-state index contributed by atoms with van der Waals surface area (Å²) in [4.78, 5) is 12.5. The number of aliphatic hydroxyl groups is 2. The Labute approximate surface area is 196 Å². The molecule has 2 unspecified atom stereocenters. The van der Waals surface area contributed by atoms with E-state index in [1.807, 2.05) is 13.0 Å². The molecule has 8 nitrogen and oxygen atoms in total. The molecule has 4 aromatic rings. The zero-order valence-electron chi connectivity index (χ0n) is 17.7. The molecular weight excluding hydrogens is 491 g/mol. The van der Waals surface area contributed by atoms with Crippen LogP contribution in [-0.2, 0) is 6.42 Å². The van der Waals surface area contributed by atoms with Crippen molar-refractivity contribution in [2.24, 2.45) is 5.92 Å². The number of nitrogens with two attached hydrogens (primary N) is 2. The van der Waals surface area contributed by atoms with Crippen LogP contribution in [0.2, 0.25) is 0 Å². The van der Waals surface area contributed by atoms with Crippen LogP contribution in [0, 0.1) is 11.7 Å². The summed E-state index contributed by atoms with van der Waals surface area (Å²) >= 11 is 3.28. The standard InChI is InChI=1S/C23H22BrFN6O2/c1-10(4-11-5-16(25)14-7-15(24)22(27)30-17(14)6-11)13-8-18(20(33)19(13)32)31-3-2-12-21(26)28-9-29-23(12)31/h2-3,5-10,18-20,32-33H,4H2,1H3,(H2,27,30)(H2,26,28,29)/t10?,18-,19-,20?/m1/s1. The van der Waals surface area contributed by atoms with Crippen molar-refractivity contribution in [3.8, 4) is 0 Å². The molecule has 0 bridgehead atoms. The van der Waals surface area contributed by atoms with Gasteiger partial charge in [-0.1, -0.05) is 13.0 Å². The first kappa shape index (κ1) is 21.7. The van der Waals surface area contributed by atoms with Crippen LogP contribution in [0.4, 0.5) is 16.0 Å². The predicted octanol–water partition coefficient (Wildman–Crippen LogP) is 3.13. The third-order valence-corrected chi connectivity index (χ3v) is 6.91. The molecule has 0 radical (unpaired) electrons. The summed E-state index contributed by atoms with van der Waals surface area (Å²) in [5.41, 5.74) is 14.2. The number of aromatic nitrogens is 4. The summed E-state index contributed by atoms with van der Waals surface area (Å²) in [5.74, 6) is 0.0861. The van der Waals surface area contributed by atoms with Crippen molar-refractivity contribution in [1.29, 1.82) is 0 Å². The van der Waals surface area contributed by atoms with Crippen LogP contribution in [0.3, 0.4) is 0 Å². The Balaban J connectivity index is 1.46. The predicted molar refractivity (Wildman–Crippen MR) is 128 cm³/mol. The fourth-order valence-corrected chi connectivity index (χ4v) is 4.89. The summed E-state index contributed by atoms with van der Waals surface area (Å²) in [6.07, 6.45) is 3.33. The van der Waals surface area contributed by atoms with Crippen molar-refractivity contribution >= 4 is 49.5 Å². The number of rotatable bonds is 4. The van der Waals surface area contributed by atoms with E-state index in [1.165, 1.54) is 12.4 Å². The number of aliphatic hydroxyl groups excluding tert-OH is 2. The molecule has 0 aliphatic heterocycles. The Bertz CT molecular complexity index is 1420. The van der Waals surface area contributed by atoms with Crippen LogP contribution < -0.4 is 11.5 Å². The Morgan fingerprint density at radius 2 is 1.94 bits per heavy atom. The van der Waals surface area contributed by atoms with Crippen molar-refractivity contribution < 1.29 is 14.6 Å². The van der Waals surface area contributed by atoms with Crippen LogP contribution in [0.5, 0.6) is 0 Å². The minimum absolute atomic E-state index is 0.161. The lowest BCUT2D eigenvalue weighted by Gasteiger charge is -2.21. The number of nitrogen functional groups attached to an aromatic ring is 2. The molecule has 0 saturated heterocycles. The van der Waals surface area contributed by atoms with E-state index in [1.54, 1.807) is 29.0 Å². The van der Waals surface area contributed by atoms with Gasteiger partial charge in [-0.15, -0.1) is 0 Å². The van der Waals surface area contributed by atoms with Crippen LogP contribution in [-0.4, -0.2) is 41.9 Å². The van der Waals surface area contributed by atoms with Gasteiger partial charge in [0.25, 0.3) is 0 Å². The van der Waals surface area contributed by atoms with Gasteiger partial charge < -0.3 is 26.2 Å². The second-order valence-corrected chi connectivity index (χ2v) is 9.27. The molecule has 3 aromatic heterocycles. The normalized spacial score (nSPS) is 21.6. The highest BCUT2D eigenvalue weighted by Crippen LogP contribution is 2.37. The Hall–Kier alpha value is -3.08. The maximum absolute atomic E-state index is 14.7. The molecular formula is C23H22BrFN6O2. The summed E-state index contributed by atoms with van der Waals surface area (Å²) < 4.78 is 17.0. The van der Waals surface area contributed by atoms with Gasteiger partial charge in [0.1, 0.15) is 41.6 Å². The van der Waals surface area contributed by atoms with Gasteiger partial charge in [-0.25, -0.2) is 19.3 Å². The molecule has 6 N–H and O–H groups in total. The van der Waals surface area contributed by atoms with E-state index >= 15 is 0 Å². The highest BCUT2D eigenvalue weighted by atomic mass is 79.9. The number of hydrogen-bond donors (Lipinski definition) is 4. The molecule has 1 aromatic carbocycles. The van der Waals surface area contributed by atoms with Gasteiger partial charge in [0.05, 0.1) is 21.4 Å². The van der Waals surface area contributed by atoms with Crippen molar-refractivity contribution in [3.63, 3.8) is 0 Å². The molecule has 170 valence electrons. The minimum atomic E-state index is -1.06. The molecule has 3 heterocycles. The summed E-state index contributed by atoms with van der Waals surface area (Å²) in [7, 11) is 0. The number of fused-ring (bicyclic) bond motifs is 2. The Morgan fingerprint density at radius 3 is 2.73 bits per heavy atom. The number of hydrogen-bond acceptors (Lipinski definition) is 7. The average molecular weight is 513 g/mol. The first-order valence-electron chi connectivity index (χ1n) is 10.4. The van der Waals surface area contributed by atoms with E-state index in [9.17, 15) is 14.6 Å². The third-order valence-electron chi connectivity index (χ3n) is 6.27. The van der Waals surface area contributed by atoms with Crippen LogP contribution in [0.25, 0.3) is 21.9 Å². The lowest BCUT2D eigenvalue weighted by molar-refractivity contribution is 0.0293. The van der Waals surface area contributed by atoms with E-state index in [2.05, 4.69) is 30.9 Å². The van der Waals surface area contributed by atoms with Crippen molar-refractivity contribution in [2.45, 2.75) is 31.6 Å². The molecule has 1 aliphatic rings. The first-order chi connectivity index (χ1) is 15.7. The monoisotopic (exact) mass is 512 g/mol. The largest absolute Gasteiger partial charge is 0.388 e. The fraction of sp³-hybridized carbons (Fsp3) is 0.261. The second-order valence-electron chi connectivity index (χ2n) is 8.42.